The van der Waals surface area contributed by atoms with E-state index >= 15 is 0 Å². The average Bonchev–Trinajstić information content (AvgIpc) is 2.32. The highest BCUT2D eigenvalue weighted by Gasteiger charge is 2.32. The van der Waals surface area contributed by atoms with Gasteiger partial charge in [-0.1, -0.05) is 20.8 Å². The minimum absolute atomic E-state index is 0.0208. The molecule has 0 aliphatic heterocycles. The van der Waals surface area contributed by atoms with E-state index in [1.165, 1.54) is 30.4 Å². The lowest BCUT2D eigenvalue weighted by molar-refractivity contribution is 0.216. The van der Waals surface area contributed by atoms with Crippen molar-refractivity contribution in [2.24, 2.45) is 5.41 Å². The third-order valence-electron chi connectivity index (χ3n) is 3.73. The molecular weight excluding hydrogens is 279 g/mol. The standard InChI is InChI=1S/C14H23FN2O2S/c1-9-7-11(8-12(16)13(9)15)20(18,19)17(6)10(2)14(3,4)5/h7-8,10H,16H2,1-6H3. The summed E-state index contributed by atoms with van der Waals surface area (Å²) in [5.74, 6) is -0.574. The summed E-state index contributed by atoms with van der Waals surface area (Å²) in [7, 11) is -2.17. The molecular formula is C14H23FN2O2S. The van der Waals surface area contributed by atoms with Crippen LogP contribution in [0.15, 0.2) is 17.0 Å². The van der Waals surface area contributed by atoms with Crippen molar-refractivity contribution >= 4 is 15.7 Å². The number of nitrogen functional groups attached to an aromatic ring is 1. The molecule has 0 saturated carbocycles. The van der Waals surface area contributed by atoms with Gasteiger partial charge in [0.2, 0.25) is 10.0 Å². The van der Waals surface area contributed by atoms with Crippen LogP contribution in [0.4, 0.5) is 10.1 Å². The molecule has 0 bridgehead atoms. The number of hydrogen-bond donors (Lipinski definition) is 1. The van der Waals surface area contributed by atoms with Crippen molar-refractivity contribution in [2.45, 2.75) is 45.6 Å². The quantitative estimate of drug-likeness (QED) is 0.873. The molecule has 0 radical (unpaired) electrons. The molecule has 0 amide bonds. The molecule has 0 spiro atoms. The van der Waals surface area contributed by atoms with Crippen molar-refractivity contribution in [2.75, 3.05) is 12.8 Å². The molecule has 4 nitrogen and oxygen atoms in total. The highest BCUT2D eigenvalue weighted by Crippen LogP contribution is 2.29. The molecule has 1 aromatic carbocycles. The minimum Gasteiger partial charge on any atom is -0.396 e. The highest BCUT2D eigenvalue weighted by atomic mass is 32.2. The summed E-state index contributed by atoms with van der Waals surface area (Å²) >= 11 is 0. The molecule has 0 heterocycles. The van der Waals surface area contributed by atoms with Crippen LogP contribution >= 0.6 is 0 Å². The van der Waals surface area contributed by atoms with Gasteiger partial charge in [-0.2, -0.15) is 4.31 Å². The maximum atomic E-state index is 13.5. The second-order valence-electron chi connectivity index (χ2n) is 6.21. The van der Waals surface area contributed by atoms with E-state index in [9.17, 15) is 12.8 Å². The Balaban J connectivity index is 3.31. The van der Waals surface area contributed by atoms with Crippen LogP contribution in [-0.4, -0.2) is 25.8 Å². The van der Waals surface area contributed by atoms with E-state index in [0.29, 0.717) is 0 Å². The number of nitrogens with zero attached hydrogens (tertiary/aromatic N) is 1. The number of sulfonamides is 1. The van der Waals surface area contributed by atoms with Gasteiger partial charge in [-0.25, -0.2) is 12.8 Å². The van der Waals surface area contributed by atoms with E-state index in [1.54, 1.807) is 0 Å². The van der Waals surface area contributed by atoms with Crippen LogP contribution in [0.2, 0.25) is 0 Å². The third-order valence-corrected chi connectivity index (χ3v) is 5.64. The first-order valence-electron chi connectivity index (χ1n) is 6.42. The topological polar surface area (TPSA) is 63.4 Å². The van der Waals surface area contributed by atoms with Gasteiger partial charge < -0.3 is 5.73 Å². The van der Waals surface area contributed by atoms with Crippen LogP contribution in [0.5, 0.6) is 0 Å². The van der Waals surface area contributed by atoms with Gasteiger partial charge in [-0.05, 0) is 37.0 Å². The predicted molar refractivity (Wildman–Crippen MR) is 79.4 cm³/mol. The lowest BCUT2D eigenvalue weighted by Gasteiger charge is -2.34. The van der Waals surface area contributed by atoms with Gasteiger partial charge in [-0.15, -0.1) is 0 Å². The third kappa shape index (κ3) is 3.12. The van der Waals surface area contributed by atoms with Crippen LogP contribution < -0.4 is 5.73 Å². The Morgan fingerprint density at radius 1 is 1.30 bits per heavy atom. The molecule has 0 aromatic heterocycles. The fourth-order valence-corrected chi connectivity index (χ4v) is 3.50. The highest BCUT2D eigenvalue weighted by molar-refractivity contribution is 7.89. The molecule has 1 aromatic rings. The molecule has 20 heavy (non-hydrogen) atoms. The molecule has 1 rings (SSSR count). The van der Waals surface area contributed by atoms with Crippen molar-refractivity contribution in [1.82, 2.24) is 4.31 Å². The van der Waals surface area contributed by atoms with Crippen LogP contribution in [-0.2, 0) is 10.0 Å². The summed E-state index contributed by atoms with van der Waals surface area (Å²) < 4.78 is 40.0. The van der Waals surface area contributed by atoms with Gasteiger partial charge in [0.25, 0.3) is 0 Å². The SMILES string of the molecule is Cc1cc(S(=O)(=O)N(C)C(C)C(C)(C)C)cc(N)c1F. The van der Waals surface area contributed by atoms with Gasteiger partial charge in [0.1, 0.15) is 5.82 Å². The molecule has 0 aliphatic carbocycles. The van der Waals surface area contributed by atoms with Crippen LogP contribution in [0.3, 0.4) is 0 Å². The van der Waals surface area contributed by atoms with Crippen LogP contribution in [0.1, 0.15) is 33.3 Å². The zero-order chi connectivity index (χ0) is 15.9. The number of benzene rings is 1. The summed E-state index contributed by atoms with van der Waals surface area (Å²) in [6.45, 7) is 9.24. The second-order valence-corrected chi connectivity index (χ2v) is 8.20. The molecule has 6 heteroatoms. The summed E-state index contributed by atoms with van der Waals surface area (Å²) in [6, 6.07) is 2.27. The Bertz CT molecular complexity index is 583. The maximum absolute atomic E-state index is 13.5. The molecule has 0 saturated heterocycles. The van der Waals surface area contributed by atoms with Crippen molar-refractivity contribution in [3.05, 3.63) is 23.5 Å². The van der Waals surface area contributed by atoms with E-state index in [0.717, 1.165) is 0 Å². The van der Waals surface area contributed by atoms with Gasteiger partial charge in [0, 0.05) is 13.1 Å². The van der Waals surface area contributed by atoms with E-state index < -0.39 is 15.8 Å². The Labute approximate surface area is 120 Å². The van der Waals surface area contributed by atoms with E-state index in [4.69, 9.17) is 5.73 Å². The number of halogens is 1. The van der Waals surface area contributed by atoms with E-state index in [-0.39, 0.29) is 27.6 Å². The first-order chi connectivity index (χ1) is 8.89. The van der Waals surface area contributed by atoms with Gasteiger partial charge in [0.15, 0.2) is 0 Å². The van der Waals surface area contributed by atoms with Gasteiger partial charge in [-0.3, -0.25) is 0 Å². The Morgan fingerprint density at radius 3 is 2.20 bits per heavy atom. The largest absolute Gasteiger partial charge is 0.396 e. The molecule has 1 unspecified atom stereocenters. The Kier molecular flexibility index (Phi) is 4.51. The number of nitrogens with two attached hydrogens (primary N) is 1. The second kappa shape index (κ2) is 5.33. The van der Waals surface area contributed by atoms with Crippen LogP contribution in [0.25, 0.3) is 0 Å². The maximum Gasteiger partial charge on any atom is 0.243 e. The van der Waals surface area contributed by atoms with Crippen molar-refractivity contribution < 1.29 is 12.8 Å². The summed E-state index contributed by atoms with van der Waals surface area (Å²) in [5, 5.41) is 0. The smallest absolute Gasteiger partial charge is 0.243 e. The van der Waals surface area contributed by atoms with E-state index in [2.05, 4.69) is 0 Å². The molecule has 2 N–H and O–H groups in total. The first kappa shape index (κ1) is 16.9. The lowest BCUT2D eigenvalue weighted by Crippen LogP contribution is -2.42. The lowest BCUT2D eigenvalue weighted by atomic mass is 9.88. The Morgan fingerprint density at radius 2 is 1.80 bits per heavy atom. The van der Waals surface area contributed by atoms with Crippen molar-refractivity contribution in [3.8, 4) is 0 Å². The average molecular weight is 302 g/mol. The zero-order valence-electron chi connectivity index (χ0n) is 12.9. The minimum atomic E-state index is -3.70. The summed E-state index contributed by atoms with van der Waals surface area (Å²) in [5.41, 5.74) is 5.39. The number of rotatable bonds is 3. The number of aryl methyl sites for hydroxylation is 1. The molecule has 1 atom stereocenters. The van der Waals surface area contributed by atoms with Gasteiger partial charge >= 0.3 is 0 Å². The van der Waals surface area contributed by atoms with Crippen molar-refractivity contribution in [3.63, 3.8) is 0 Å². The van der Waals surface area contributed by atoms with E-state index in [1.807, 2.05) is 27.7 Å². The van der Waals surface area contributed by atoms with Crippen molar-refractivity contribution in [1.29, 1.82) is 0 Å². The monoisotopic (exact) mass is 302 g/mol. The normalized spacial score (nSPS) is 14.6. The van der Waals surface area contributed by atoms with Gasteiger partial charge in [0.05, 0.1) is 10.6 Å². The predicted octanol–water partition coefficient (Wildman–Crippen LogP) is 2.77. The summed E-state index contributed by atoms with van der Waals surface area (Å²) in [4.78, 5) is 0.0208. The molecule has 0 fully saturated rings. The summed E-state index contributed by atoms with van der Waals surface area (Å²) in [6.07, 6.45) is 0. The fraction of sp³-hybridized carbons (Fsp3) is 0.571. The van der Waals surface area contributed by atoms with Crippen LogP contribution in [0, 0.1) is 18.2 Å². The molecule has 0 aliphatic rings. The fourth-order valence-electron chi connectivity index (χ4n) is 1.83. The molecule has 114 valence electrons. The number of anilines is 1. The number of hydrogen-bond acceptors (Lipinski definition) is 3. The zero-order valence-corrected chi connectivity index (χ0v) is 13.7. The Hall–Kier alpha value is -1.14. The first-order valence-corrected chi connectivity index (χ1v) is 7.86.